The van der Waals surface area contributed by atoms with E-state index in [1.165, 1.54) is 10.2 Å². The number of rotatable bonds is 4. The Morgan fingerprint density at radius 2 is 2.05 bits per heavy atom. The molecule has 0 saturated heterocycles. The first kappa shape index (κ1) is 15.4. The molecule has 0 aliphatic carbocycles. The highest BCUT2D eigenvalue weighted by atomic mass is 32.1. The average Bonchev–Trinajstić information content (AvgIpc) is 2.41. The summed E-state index contributed by atoms with van der Waals surface area (Å²) >= 11 is 4.99. The molecule has 2 rings (SSSR count). The number of aryl methyl sites for hydroxylation is 3. The average molecular weight is 301 g/mol. The molecule has 0 unspecified atom stereocenters. The van der Waals surface area contributed by atoms with Crippen LogP contribution in [0.4, 0.5) is 0 Å². The lowest BCUT2D eigenvalue weighted by Gasteiger charge is -2.11. The van der Waals surface area contributed by atoms with Gasteiger partial charge in [-0.25, -0.2) is 4.68 Å². The predicted molar refractivity (Wildman–Crippen MR) is 89.6 cm³/mol. The lowest BCUT2D eigenvalue weighted by Crippen LogP contribution is -2.31. The monoisotopic (exact) mass is 301 g/mol. The molecule has 0 bridgehead atoms. The maximum Gasteiger partial charge on any atom is 0.277 e. The smallest absolute Gasteiger partial charge is 0.277 e. The van der Waals surface area contributed by atoms with Crippen molar-refractivity contribution in [2.45, 2.75) is 33.7 Å². The fourth-order valence-electron chi connectivity index (χ4n) is 2.31. The van der Waals surface area contributed by atoms with Gasteiger partial charge in [-0.3, -0.25) is 4.79 Å². The van der Waals surface area contributed by atoms with Gasteiger partial charge in [0.25, 0.3) is 5.56 Å². The molecule has 1 heterocycles. The fourth-order valence-corrected chi connectivity index (χ4v) is 2.46. The lowest BCUT2D eigenvalue weighted by atomic mass is 10.0. The summed E-state index contributed by atoms with van der Waals surface area (Å²) in [5.74, 6) is 0. The standard InChI is InChI=1S/C16H19N3OS/c1-4-7-19-16(20)13(15(17)21)9-14(18-19)12-6-5-10(2)8-11(12)3/h5-6,8-9H,4,7H2,1-3H3,(H2,17,21). The molecule has 0 aliphatic heterocycles. The minimum Gasteiger partial charge on any atom is -0.389 e. The fraction of sp³-hybridized carbons (Fsp3) is 0.312. The lowest BCUT2D eigenvalue weighted by molar-refractivity contribution is 0.570. The van der Waals surface area contributed by atoms with Crippen molar-refractivity contribution in [1.82, 2.24) is 9.78 Å². The van der Waals surface area contributed by atoms with Gasteiger partial charge in [-0.1, -0.05) is 42.9 Å². The van der Waals surface area contributed by atoms with E-state index in [1.807, 2.05) is 32.9 Å². The van der Waals surface area contributed by atoms with Gasteiger partial charge in [0.2, 0.25) is 0 Å². The van der Waals surface area contributed by atoms with E-state index in [0.717, 1.165) is 23.2 Å². The van der Waals surface area contributed by atoms with E-state index in [0.29, 0.717) is 12.1 Å². The Hall–Kier alpha value is -2.01. The summed E-state index contributed by atoms with van der Waals surface area (Å²) in [5.41, 5.74) is 9.82. The van der Waals surface area contributed by atoms with E-state index < -0.39 is 0 Å². The van der Waals surface area contributed by atoms with Crippen molar-refractivity contribution in [3.05, 3.63) is 51.3 Å². The van der Waals surface area contributed by atoms with Crippen molar-refractivity contribution in [2.75, 3.05) is 0 Å². The van der Waals surface area contributed by atoms with E-state index in [9.17, 15) is 4.79 Å². The van der Waals surface area contributed by atoms with Gasteiger partial charge < -0.3 is 5.73 Å². The zero-order valence-corrected chi connectivity index (χ0v) is 13.3. The Labute approximate surface area is 129 Å². The second kappa shape index (κ2) is 6.18. The molecule has 0 fully saturated rings. The van der Waals surface area contributed by atoms with Crippen LogP contribution in [0.3, 0.4) is 0 Å². The summed E-state index contributed by atoms with van der Waals surface area (Å²) in [7, 11) is 0. The van der Waals surface area contributed by atoms with Crippen LogP contribution in [-0.4, -0.2) is 14.8 Å². The molecule has 0 amide bonds. The van der Waals surface area contributed by atoms with E-state index in [4.69, 9.17) is 18.0 Å². The highest BCUT2D eigenvalue weighted by Crippen LogP contribution is 2.22. The van der Waals surface area contributed by atoms with Gasteiger partial charge in [0, 0.05) is 12.1 Å². The summed E-state index contributed by atoms with van der Waals surface area (Å²) < 4.78 is 1.45. The molecule has 2 aromatic rings. The molecular weight excluding hydrogens is 282 g/mol. The van der Waals surface area contributed by atoms with Crippen LogP contribution in [0.1, 0.15) is 30.0 Å². The van der Waals surface area contributed by atoms with Crippen molar-refractivity contribution in [2.24, 2.45) is 5.73 Å². The number of aromatic nitrogens is 2. The van der Waals surface area contributed by atoms with Crippen LogP contribution < -0.4 is 11.3 Å². The van der Waals surface area contributed by atoms with Crippen LogP contribution in [0.15, 0.2) is 29.1 Å². The van der Waals surface area contributed by atoms with Gasteiger partial charge in [0.05, 0.1) is 11.3 Å². The quantitative estimate of drug-likeness (QED) is 0.882. The number of hydrogen-bond acceptors (Lipinski definition) is 3. The summed E-state index contributed by atoms with van der Waals surface area (Å²) in [5, 5.41) is 4.45. The first-order chi connectivity index (χ1) is 9.93. The van der Waals surface area contributed by atoms with Crippen molar-refractivity contribution >= 4 is 17.2 Å². The molecule has 2 N–H and O–H groups in total. The van der Waals surface area contributed by atoms with Crippen LogP contribution in [0, 0.1) is 13.8 Å². The summed E-state index contributed by atoms with van der Waals surface area (Å²) in [6.07, 6.45) is 0.819. The molecule has 0 saturated carbocycles. The number of hydrogen-bond donors (Lipinski definition) is 1. The minimum absolute atomic E-state index is 0.110. The zero-order chi connectivity index (χ0) is 15.6. The molecule has 0 aliphatic rings. The van der Waals surface area contributed by atoms with Gasteiger partial charge in [-0.15, -0.1) is 0 Å². The topological polar surface area (TPSA) is 60.9 Å². The van der Waals surface area contributed by atoms with Crippen molar-refractivity contribution < 1.29 is 0 Å². The summed E-state index contributed by atoms with van der Waals surface area (Å²) in [6.45, 7) is 6.62. The Kier molecular flexibility index (Phi) is 4.53. The molecule has 0 radical (unpaired) electrons. The molecule has 0 spiro atoms. The molecule has 0 atom stereocenters. The Morgan fingerprint density at radius 1 is 1.33 bits per heavy atom. The highest BCUT2D eigenvalue weighted by molar-refractivity contribution is 7.80. The summed E-state index contributed by atoms with van der Waals surface area (Å²) in [6, 6.07) is 7.82. The Bertz CT molecular complexity index is 750. The largest absolute Gasteiger partial charge is 0.389 e. The number of thiocarbonyl (C=S) groups is 1. The minimum atomic E-state index is -0.224. The molecule has 5 heteroatoms. The van der Waals surface area contributed by atoms with Crippen LogP contribution in [-0.2, 0) is 6.54 Å². The van der Waals surface area contributed by atoms with E-state index in [1.54, 1.807) is 6.07 Å². The van der Waals surface area contributed by atoms with Crippen molar-refractivity contribution in [1.29, 1.82) is 0 Å². The summed E-state index contributed by atoms with van der Waals surface area (Å²) in [4.78, 5) is 12.4. The molecule has 1 aromatic heterocycles. The molecule has 110 valence electrons. The van der Waals surface area contributed by atoms with Crippen molar-refractivity contribution in [3.63, 3.8) is 0 Å². The van der Waals surface area contributed by atoms with E-state index in [-0.39, 0.29) is 10.5 Å². The van der Waals surface area contributed by atoms with Gasteiger partial charge in [0.1, 0.15) is 4.99 Å². The Balaban J connectivity index is 2.68. The molecular formula is C16H19N3OS. The van der Waals surface area contributed by atoms with Crippen LogP contribution in [0.25, 0.3) is 11.3 Å². The van der Waals surface area contributed by atoms with E-state index in [2.05, 4.69) is 11.2 Å². The first-order valence-electron chi connectivity index (χ1n) is 6.93. The van der Waals surface area contributed by atoms with Crippen LogP contribution in [0.5, 0.6) is 0 Å². The van der Waals surface area contributed by atoms with Gasteiger partial charge in [-0.05, 0) is 31.9 Å². The predicted octanol–water partition coefficient (Wildman–Crippen LogP) is 2.57. The highest BCUT2D eigenvalue weighted by Gasteiger charge is 2.13. The maximum absolute atomic E-state index is 12.3. The molecule has 1 aromatic carbocycles. The maximum atomic E-state index is 12.3. The van der Waals surface area contributed by atoms with Crippen LogP contribution >= 0.6 is 12.2 Å². The van der Waals surface area contributed by atoms with Crippen LogP contribution in [0.2, 0.25) is 0 Å². The number of benzene rings is 1. The molecule has 21 heavy (non-hydrogen) atoms. The normalized spacial score (nSPS) is 10.6. The van der Waals surface area contributed by atoms with Gasteiger partial charge >= 0.3 is 0 Å². The first-order valence-corrected chi connectivity index (χ1v) is 7.34. The van der Waals surface area contributed by atoms with Crippen molar-refractivity contribution in [3.8, 4) is 11.3 Å². The SMILES string of the molecule is CCCn1nc(-c2ccc(C)cc2C)cc(C(N)=S)c1=O. The second-order valence-electron chi connectivity index (χ2n) is 5.15. The van der Waals surface area contributed by atoms with Gasteiger partial charge in [0.15, 0.2) is 0 Å². The van der Waals surface area contributed by atoms with Gasteiger partial charge in [-0.2, -0.15) is 5.10 Å². The Morgan fingerprint density at radius 3 is 2.62 bits per heavy atom. The van der Waals surface area contributed by atoms with E-state index >= 15 is 0 Å². The third-order valence-corrected chi connectivity index (χ3v) is 3.55. The third-order valence-electron chi connectivity index (χ3n) is 3.33. The number of nitrogens with zero attached hydrogens (tertiary/aromatic N) is 2. The second-order valence-corrected chi connectivity index (χ2v) is 5.59. The zero-order valence-electron chi connectivity index (χ0n) is 12.5. The third kappa shape index (κ3) is 3.19. The number of nitrogens with two attached hydrogens (primary N) is 1. The molecule has 4 nitrogen and oxygen atoms in total.